The van der Waals surface area contributed by atoms with Crippen molar-refractivity contribution in [3.8, 4) is 11.4 Å². The van der Waals surface area contributed by atoms with Crippen molar-refractivity contribution in [3.05, 3.63) is 104 Å². The van der Waals surface area contributed by atoms with E-state index in [0.29, 0.717) is 24.0 Å². The summed E-state index contributed by atoms with van der Waals surface area (Å²) in [5, 5.41) is 18.7. The molecule has 1 atom stereocenters. The standard InChI is InChI=1S/C28H23FN4O4S/c1-15-10-16(2-6-21(15)29)13-30-26(34)23-12-24(32-25(31-23)19-8-9-38-14-19)27(35)33-22-7-4-17-11-18(28(36)37)3-5-20(17)22/h2-3,5-6,8-12,14,22H,4,7,13H2,1H3,(H,30,34)(H,33,35)(H,36,37)/t22-/m0/s1. The second-order valence-corrected chi connectivity index (χ2v) is 9.80. The molecule has 0 saturated carbocycles. The first-order valence-corrected chi connectivity index (χ1v) is 12.8. The van der Waals surface area contributed by atoms with Gasteiger partial charge < -0.3 is 15.7 Å². The molecule has 0 radical (unpaired) electrons. The number of rotatable bonds is 7. The number of nitrogens with zero attached hydrogens (tertiary/aromatic N) is 2. The predicted molar refractivity (Wildman–Crippen MR) is 140 cm³/mol. The molecule has 8 nitrogen and oxygen atoms in total. The molecule has 2 aromatic heterocycles. The fourth-order valence-electron chi connectivity index (χ4n) is 4.42. The number of carboxylic acids is 1. The highest BCUT2D eigenvalue weighted by Gasteiger charge is 2.26. The molecule has 1 aliphatic carbocycles. The van der Waals surface area contributed by atoms with E-state index in [4.69, 9.17) is 0 Å². The molecule has 10 heteroatoms. The van der Waals surface area contributed by atoms with Crippen LogP contribution in [-0.2, 0) is 13.0 Å². The van der Waals surface area contributed by atoms with Crippen LogP contribution in [0.3, 0.4) is 0 Å². The smallest absolute Gasteiger partial charge is 0.335 e. The number of aromatic nitrogens is 2. The summed E-state index contributed by atoms with van der Waals surface area (Å²) < 4.78 is 13.6. The van der Waals surface area contributed by atoms with Crippen LogP contribution in [0, 0.1) is 12.7 Å². The fourth-order valence-corrected chi connectivity index (χ4v) is 5.06. The summed E-state index contributed by atoms with van der Waals surface area (Å²) in [4.78, 5) is 46.4. The average Bonchev–Trinajstić information content (AvgIpc) is 3.59. The first-order chi connectivity index (χ1) is 18.3. The molecule has 1 aliphatic rings. The third-order valence-corrected chi connectivity index (χ3v) is 7.10. The van der Waals surface area contributed by atoms with Gasteiger partial charge in [0.1, 0.15) is 17.2 Å². The molecule has 3 N–H and O–H groups in total. The Hall–Kier alpha value is -4.44. The normalized spacial score (nSPS) is 14.1. The van der Waals surface area contributed by atoms with E-state index in [1.807, 2.05) is 10.8 Å². The van der Waals surface area contributed by atoms with Gasteiger partial charge in [-0.1, -0.05) is 18.2 Å². The maximum absolute atomic E-state index is 13.6. The highest BCUT2D eigenvalue weighted by atomic mass is 32.1. The van der Waals surface area contributed by atoms with Crippen molar-refractivity contribution in [2.24, 2.45) is 0 Å². The molecule has 2 aromatic carbocycles. The van der Waals surface area contributed by atoms with E-state index < -0.39 is 17.8 Å². The minimum Gasteiger partial charge on any atom is -0.478 e. The minimum absolute atomic E-state index is 0.0307. The molecule has 192 valence electrons. The lowest BCUT2D eigenvalue weighted by atomic mass is 10.0. The molecule has 38 heavy (non-hydrogen) atoms. The van der Waals surface area contributed by atoms with Gasteiger partial charge in [-0.3, -0.25) is 9.59 Å². The Morgan fingerprint density at radius 1 is 1.05 bits per heavy atom. The van der Waals surface area contributed by atoms with E-state index in [-0.39, 0.29) is 41.2 Å². The number of carboxylic acid groups (broad SMARTS) is 1. The summed E-state index contributed by atoms with van der Waals surface area (Å²) in [6, 6.07) is 12.3. The second-order valence-electron chi connectivity index (χ2n) is 9.02. The average molecular weight is 531 g/mol. The first kappa shape index (κ1) is 25.2. The zero-order valence-electron chi connectivity index (χ0n) is 20.3. The van der Waals surface area contributed by atoms with Crippen LogP contribution in [0.2, 0.25) is 0 Å². The molecular weight excluding hydrogens is 507 g/mol. The molecular formula is C28H23FN4O4S. The summed E-state index contributed by atoms with van der Waals surface area (Å²) >= 11 is 1.44. The van der Waals surface area contributed by atoms with Crippen molar-refractivity contribution in [2.75, 3.05) is 0 Å². The highest BCUT2D eigenvalue weighted by Crippen LogP contribution is 2.32. The highest BCUT2D eigenvalue weighted by molar-refractivity contribution is 7.08. The van der Waals surface area contributed by atoms with E-state index in [1.165, 1.54) is 29.5 Å². The molecule has 0 spiro atoms. The van der Waals surface area contributed by atoms with Crippen LogP contribution in [0.4, 0.5) is 4.39 Å². The van der Waals surface area contributed by atoms with Gasteiger partial charge in [-0.05, 0) is 71.7 Å². The Labute approximate surface area is 221 Å². The van der Waals surface area contributed by atoms with Crippen LogP contribution in [0.25, 0.3) is 11.4 Å². The maximum Gasteiger partial charge on any atom is 0.335 e. The number of carbonyl (C=O) groups excluding carboxylic acids is 2. The van der Waals surface area contributed by atoms with Crippen LogP contribution < -0.4 is 10.6 Å². The Kier molecular flexibility index (Phi) is 6.97. The zero-order chi connectivity index (χ0) is 26.8. The Morgan fingerprint density at radius 3 is 2.55 bits per heavy atom. The molecule has 0 aliphatic heterocycles. The number of carbonyl (C=O) groups is 3. The van der Waals surface area contributed by atoms with E-state index in [1.54, 1.807) is 37.3 Å². The van der Waals surface area contributed by atoms with Crippen molar-refractivity contribution >= 4 is 29.1 Å². The summed E-state index contributed by atoms with van der Waals surface area (Å²) in [7, 11) is 0. The van der Waals surface area contributed by atoms with Gasteiger partial charge >= 0.3 is 5.97 Å². The van der Waals surface area contributed by atoms with Gasteiger partial charge in [-0.15, -0.1) is 0 Å². The zero-order valence-corrected chi connectivity index (χ0v) is 21.1. The van der Waals surface area contributed by atoms with Crippen LogP contribution in [0.5, 0.6) is 0 Å². The number of aryl methyl sites for hydroxylation is 2. The van der Waals surface area contributed by atoms with Gasteiger partial charge in [0.05, 0.1) is 11.6 Å². The number of amides is 2. The van der Waals surface area contributed by atoms with Crippen LogP contribution >= 0.6 is 11.3 Å². The van der Waals surface area contributed by atoms with Crippen molar-refractivity contribution in [3.63, 3.8) is 0 Å². The maximum atomic E-state index is 13.6. The molecule has 2 heterocycles. The molecule has 0 unspecified atom stereocenters. The van der Waals surface area contributed by atoms with Gasteiger partial charge in [0, 0.05) is 23.6 Å². The van der Waals surface area contributed by atoms with Crippen molar-refractivity contribution in [1.82, 2.24) is 20.6 Å². The molecule has 4 aromatic rings. The molecule has 0 fully saturated rings. The number of halogens is 1. The van der Waals surface area contributed by atoms with Gasteiger partial charge in [-0.25, -0.2) is 19.2 Å². The van der Waals surface area contributed by atoms with Crippen LogP contribution in [0.1, 0.15) is 66.1 Å². The number of hydrogen-bond acceptors (Lipinski definition) is 6. The largest absolute Gasteiger partial charge is 0.478 e. The quantitative estimate of drug-likeness (QED) is 0.319. The second kappa shape index (κ2) is 10.5. The monoisotopic (exact) mass is 530 g/mol. The lowest BCUT2D eigenvalue weighted by Crippen LogP contribution is -2.29. The van der Waals surface area contributed by atoms with Gasteiger partial charge in [0.2, 0.25) is 0 Å². The fraction of sp³-hybridized carbons (Fsp3) is 0.179. The topological polar surface area (TPSA) is 121 Å². The van der Waals surface area contributed by atoms with Crippen LogP contribution in [0.15, 0.2) is 59.3 Å². The number of hydrogen-bond donors (Lipinski definition) is 3. The van der Waals surface area contributed by atoms with E-state index in [2.05, 4.69) is 20.6 Å². The van der Waals surface area contributed by atoms with E-state index in [0.717, 1.165) is 16.7 Å². The first-order valence-electron chi connectivity index (χ1n) is 11.9. The number of benzene rings is 2. The lowest BCUT2D eigenvalue weighted by Gasteiger charge is -2.15. The third kappa shape index (κ3) is 5.30. The summed E-state index contributed by atoms with van der Waals surface area (Å²) in [5.74, 6) is -2.03. The van der Waals surface area contributed by atoms with E-state index >= 15 is 0 Å². The van der Waals surface area contributed by atoms with Gasteiger partial charge in [0.25, 0.3) is 11.8 Å². The number of thiophene rings is 1. The Morgan fingerprint density at radius 2 is 1.84 bits per heavy atom. The molecule has 0 bridgehead atoms. The third-order valence-electron chi connectivity index (χ3n) is 6.42. The van der Waals surface area contributed by atoms with Gasteiger partial charge in [-0.2, -0.15) is 11.3 Å². The predicted octanol–water partition coefficient (Wildman–Crippen LogP) is 4.70. The van der Waals surface area contributed by atoms with Crippen molar-refractivity contribution in [1.29, 1.82) is 0 Å². The SMILES string of the molecule is Cc1cc(CNC(=O)c2cc(C(=O)N[C@H]3CCc4cc(C(=O)O)ccc43)nc(-c3ccsc3)n2)ccc1F. The molecule has 2 amide bonds. The van der Waals surface area contributed by atoms with Gasteiger partial charge in [0.15, 0.2) is 5.82 Å². The van der Waals surface area contributed by atoms with E-state index in [9.17, 15) is 23.9 Å². The Balaban J connectivity index is 1.38. The molecule has 5 rings (SSSR count). The number of fused-ring (bicyclic) bond motifs is 1. The summed E-state index contributed by atoms with van der Waals surface area (Å²) in [5.41, 5.74) is 3.91. The summed E-state index contributed by atoms with van der Waals surface area (Å²) in [6.07, 6.45) is 1.26. The van der Waals surface area contributed by atoms with Crippen molar-refractivity contribution < 1.29 is 23.9 Å². The Bertz CT molecular complexity index is 1550. The minimum atomic E-state index is -0.998. The molecule has 0 saturated heterocycles. The van der Waals surface area contributed by atoms with Crippen molar-refractivity contribution in [2.45, 2.75) is 32.4 Å². The lowest BCUT2D eigenvalue weighted by molar-refractivity contribution is 0.0696. The van der Waals surface area contributed by atoms with Crippen LogP contribution in [-0.4, -0.2) is 32.9 Å². The summed E-state index contributed by atoms with van der Waals surface area (Å²) in [6.45, 7) is 1.81. The number of nitrogens with one attached hydrogen (secondary N) is 2. The number of aromatic carboxylic acids is 1.